The predicted octanol–water partition coefficient (Wildman–Crippen LogP) is 2.90. The smallest absolute Gasteiger partial charge is 0.256 e. The van der Waals surface area contributed by atoms with E-state index in [0.29, 0.717) is 31.6 Å². The molecule has 1 aromatic carbocycles. The van der Waals surface area contributed by atoms with Gasteiger partial charge in [-0.1, -0.05) is 18.2 Å². The lowest BCUT2D eigenvalue weighted by Gasteiger charge is -2.43. The van der Waals surface area contributed by atoms with Crippen LogP contribution in [0.2, 0.25) is 0 Å². The highest BCUT2D eigenvalue weighted by Crippen LogP contribution is 2.28. The normalized spacial score (nSPS) is 17.7. The number of ether oxygens (including phenoxy) is 1. The highest BCUT2D eigenvalue weighted by atomic mass is 32.1. The molecule has 2 amide bonds. The van der Waals surface area contributed by atoms with Gasteiger partial charge in [0.2, 0.25) is 5.91 Å². The summed E-state index contributed by atoms with van der Waals surface area (Å²) in [7, 11) is 1.66. The van der Waals surface area contributed by atoms with Crippen molar-refractivity contribution < 1.29 is 14.3 Å². The maximum absolute atomic E-state index is 13.3. The van der Waals surface area contributed by atoms with Gasteiger partial charge in [0.15, 0.2) is 0 Å². The summed E-state index contributed by atoms with van der Waals surface area (Å²) in [5.74, 6) is 0.486. The molecule has 1 fully saturated rings. The summed E-state index contributed by atoms with van der Waals surface area (Å²) in [5, 5.41) is 4.98. The molecule has 4 rings (SSSR count). The van der Waals surface area contributed by atoms with Crippen LogP contribution >= 0.6 is 11.3 Å². The Hall–Kier alpha value is -3.27. The molecular formula is C27H33N5O3S. The van der Waals surface area contributed by atoms with Gasteiger partial charge in [-0.2, -0.15) is 0 Å². The van der Waals surface area contributed by atoms with Crippen molar-refractivity contribution in [1.82, 2.24) is 20.1 Å². The largest absolute Gasteiger partial charge is 0.497 e. The first-order valence-electron chi connectivity index (χ1n) is 12.2. The second kappa shape index (κ2) is 12.6. The van der Waals surface area contributed by atoms with Gasteiger partial charge in [0.25, 0.3) is 5.91 Å². The van der Waals surface area contributed by atoms with Gasteiger partial charge in [0.05, 0.1) is 12.7 Å². The number of piperidine rings is 1. The molecule has 0 bridgehead atoms. The van der Waals surface area contributed by atoms with Crippen molar-refractivity contribution >= 4 is 23.2 Å². The summed E-state index contributed by atoms with van der Waals surface area (Å²) in [6.45, 7) is 2.73. The summed E-state index contributed by atoms with van der Waals surface area (Å²) in [4.78, 5) is 36.0. The zero-order chi connectivity index (χ0) is 25.3. The lowest BCUT2D eigenvalue weighted by molar-refractivity contribution is -0.127. The van der Waals surface area contributed by atoms with Crippen LogP contribution < -0.4 is 15.8 Å². The highest BCUT2D eigenvalue weighted by molar-refractivity contribution is 7.09. The van der Waals surface area contributed by atoms with E-state index in [1.54, 1.807) is 47.9 Å². The maximum atomic E-state index is 13.3. The van der Waals surface area contributed by atoms with Crippen molar-refractivity contribution in [3.63, 3.8) is 0 Å². The van der Waals surface area contributed by atoms with E-state index in [1.165, 1.54) is 10.4 Å². The number of aromatic nitrogens is 1. The van der Waals surface area contributed by atoms with E-state index < -0.39 is 6.04 Å². The average molecular weight is 508 g/mol. The van der Waals surface area contributed by atoms with Crippen LogP contribution in [0, 0.1) is 0 Å². The second-order valence-corrected chi connectivity index (χ2v) is 9.88. The molecule has 0 spiro atoms. The number of pyridine rings is 1. The molecule has 9 heteroatoms. The van der Waals surface area contributed by atoms with Gasteiger partial charge in [0, 0.05) is 56.0 Å². The van der Waals surface area contributed by atoms with E-state index in [2.05, 4.69) is 44.8 Å². The average Bonchev–Trinajstić information content (AvgIpc) is 3.44. The minimum atomic E-state index is -0.579. The molecule has 0 saturated carbocycles. The van der Waals surface area contributed by atoms with E-state index in [9.17, 15) is 9.59 Å². The Bertz CT molecular complexity index is 1110. The van der Waals surface area contributed by atoms with Crippen LogP contribution in [0.25, 0.3) is 0 Å². The predicted molar refractivity (Wildman–Crippen MR) is 141 cm³/mol. The molecule has 1 saturated heterocycles. The SMILES string of the molecule is COc1ccc(CN(Cc2cccs2)C2CCN(C(=O)c3cccnc3)[C@@H](C(=O)NCCN)C2)cc1. The summed E-state index contributed by atoms with van der Waals surface area (Å²) >= 11 is 1.73. The topological polar surface area (TPSA) is 101 Å². The molecule has 3 N–H and O–H groups in total. The number of benzene rings is 1. The Morgan fingerprint density at radius 2 is 2.03 bits per heavy atom. The Balaban J connectivity index is 1.57. The van der Waals surface area contributed by atoms with Crippen molar-refractivity contribution in [1.29, 1.82) is 0 Å². The minimum Gasteiger partial charge on any atom is -0.497 e. The number of nitrogens with one attached hydrogen (secondary N) is 1. The number of nitrogens with two attached hydrogens (primary N) is 1. The molecule has 8 nitrogen and oxygen atoms in total. The summed E-state index contributed by atoms with van der Waals surface area (Å²) in [6, 6.07) is 15.3. The van der Waals surface area contributed by atoms with Gasteiger partial charge >= 0.3 is 0 Å². The molecule has 3 aromatic rings. The van der Waals surface area contributed by atoms with Gasteiger partial charge in [0.1, 0.15) is 11.8 Å². The fourth-order valence-corrected chi connectivity index (χ4v) is 5.35. The standard InChI is InChI=1S/C27H33N5O3S/c1-35-23-8-6-20(7-9-23)18-31(19-24-5-3-15-36-24)22-10-14-32(25(16-22)26(33)30-13-11-28)27(34)21-4-2-12-29-17-21/h2-9,12,15,17,22,25H,10-11,13-14,16,18-19,28H2,1H3,(H,30,33)/t22?,25-/m1/s1. The van der Waals surface area contributed by atoms with Crippen molar-refractivity contribution in [3.05, 3.63) is 82.3 Å². The van der Waals surface area contributed by atoms with E-state index >= 15 is 0 Å². The molecule has 36 heavy (non-hydrogen) atoms. The minimum absolute atomic E-state index is 0.126. The van der Waals surface area contributed by atoms with E-state index in [1.807, 2.05) is 12.1 Å². The van der Waals surface area contributed by atoms with Gasteiger partial charge in [-0.05, 0) is 54.1 Å². The molecule has 0 aliphatic carbocycles. The van der Waals surface area contributed by atoms with Gasteiger partial charge < -0.3 is 20.7 Å². The molecule has 190 valence electrons. The first-order valence-corrected chi connectivity index (χ1v) is 13.0. The zero-order valence-electron chi connectivity index (χ0n) is 20.5. The molecular weight excluding hydrogens is 474 g/mol. The van der Waals surface area contributed by atoms with Crippen molar-refractivity contribution in [2.45, 2.75) is 38.0 Å². The number of nitrogens with zero attached hydrogens (tertiary/aromatic N) is 3. The fourth-order valence-electron chi connectivity index (χ4n) is 4.62. The van der Waals surface area contributed by atoms with Crippen LogP contribution in [-0.2, 0) is 17.9 Å². The number of rotatable bonds is 10. The number of thiophene rings is 1. The molecule has 3 heterocycles. The molecule has 2 aromatic heterocycles. The Labute approximate surface area is 216 Å². The van der Waals surface area contributed by atoms with Crippen molar-refractivity contribution in [2.24, 2.45) is 5.73 Å². The molecule has 0 radical (unpaired) electrons. The number of hydrogen-bond donors (Lipinski definition) is 2. The number of carbonyl (C=O) groups excluding carboxylic acids is 2. The quantitative estimate of drug-likeness (QED) is 0.438. The fraction of sp³-hybridized carbons (Fsp3) is 0.370. The number of likely N-dealkylation sites (tertiary alicyclic amines) is 1. The molecule has 1 aliphatic rings. The molecule has 1 aliphatic heterocycles. The lowest BCUT2D eigenvalue weighted by Crippen LogP contribution is -2.57. The third-order valence-corrected chi connectivity index (χ3v) is 7.35. The van der Waals surface area contributed by atoms with Crippen LogP contribution in [0.3, 0.4) is 0 Å². The van der Waals surface area contributed by atoms with Crippen LogP contribution in [0.15, 0.2) is 66.3 Å². The monoisotopic (exact) mass is 507 g/mol. The van der Waals surface area contributed by atoms with Gasteiger partial charge in [-0.3, -0.25) is 19.5 Å². The van der Waals surface area contributed by atoms with Crippen molar-refractivity contribution in [3.8, 4) is 5.75 Å². The Morgan fingerprint density at radius 1 is 1.19 bits per heavy atom. The van der Waals surface area contributed by atoms with Crippen molar-refractivity contribution in [2.75, 3.05) is 26.7 Å². The third-order valence-electron chi connectivity index (χ3n) is 6.49. The van der Waals surface area contributed by atoms with Crippen LogP contribution in [0.4, 0.5) is 0 Å². The third kappa shape index (κ3) is 6.48. The first-order chi connectivity index (χ1) is 17.6. The summed E-state index contributed by atoms with van der Waals surface area (Å²) < 4.78 is 5.31. The first kappa shape index (κ1) is 25.8. The highest BCUT2D eigenvalue weighted by Gasteiger charge is 2.38. The second-order valence-electron chi connectivity index (χ2n) is 8.85. The van der Waals surface area contributed by atoms with E-state index in [0.717, 1.165) is 25.3 Å². The number of carbonyl (C=O) groups is 2. The Morgan fingerprint density at radius 3 is 2.69 bits per heavy atom. The van der Waals surface area contributed by atoms with E-state index in [4.69, 9.17) is 10.5 Å². The van der Waals surface area contributed by atoms with Crippen LogP contribution in [0.1, 0.15) is 33.6 Å². The van der Waals surface area contributed by atoms with Crippen LogP contribution in [-0.4, -0.2) is 65.4 Å². The lowest BCUT2D eigenvalue weighted by atomic mass is 9.93. The molecule has 1 unspecified atom stereocenters. The van der Waals surface area contributed by atoms with Gasteiger partial charge in [-0.25, -0.2) is 0 Å². The number of hydrogen-bond acceptors (Lipinski definition) is 7. The zero-order valence-corrected chi connectivity index (χ0v) is 21.3. The summed E-state index contributed by atoms with van der Waals surface area (Å²) in [5.41, 5.74) is 7.29. The Kier molecular flexibility index (Phi) is 9.05. The van der Waals surface area contributed by atoms with Gasteiger partial charge in [-0.15, -0.1) is 11.3 Å². The number of methoxy groups -OCH3 is 1. The molecule has 2 atom stereocenters. The maximum Gasteiger partial charge on any atom is 0.256 e. The summed E-state index contributed by atoms with van der Waals surface area (Å²) in [6.07, 6.45) is 4.50. The van der Waals surface area contributed by atoms with E-state index in [-0.39, 0.29) is 17.9 Å². The number of amides is 2. The van der Waals surface area contributed by atoms with Crippen LogP contribution in [0.5, 0.6) is 5.75 Å².